The first kappa shape index (κ1) is 12.6. The molecule has 2 N–H and O–H groups in total. The molecule has 0 aliphatic rings. The number of methoxy groups -OCH3 is 1. The maximum absolute atomic E-state index is 5.71. The summed E-state index contributed by atoms with van der Waals surface area (Å²) in [6, 6.07) is 0. The Bertz CT molecular complexity index is 309. The van der Waals surface area contributed by atoms with Crippen LogP contribution in [0.3, 0.4) is 0 Å². The van der Waals surface area contributed by atoms with Crippen LogP contribution >= 0.6 is 11.3 Å². The molecule has 0 bridgehead atoms. The summed E-state index contributed by atoms with van der Waals surface area (Å²) in [6.45, 7) is 6.91. The second-order valence-electron chi connectivity index (χ2n) is 4.46. The lowest BCUT2D eigenvalue weighted by Crippen LogP contribution is -2.28. The Morgan fingerprint density at radius 1 is 1.60 bits per heavy atom. The molecule has 0 spiro atoms. The van der Waals surface area contributed by atoms with Crippen molar-refractivity contribution < 1.29 is 4.74 Å². The summed E-state index contributed by atoms with van der Waals surface area (Å²) >= 11 is 1.69. The first-order chi connectivity index (χ1) is 6.99. The van der Waals surface area contributed by atoms with Crippen molar-refractivity contribution in [2.75, 3.05) is 13.7 Å². The molecule has 0 aliphatic heterocycles. The first-order valence-electron chi connectivity index (χ1n) is 5.17. The molecule has 4 heteroatoms. The molecule has 0 fully saturated rings. The third kappa shape index (κ3) is 3.26. The van der Waals surface area contributed by atoms with Crippen molar-refractivity contribution in [2.24, 2.45) is 5.73 Å². The third-order valence-corrected chi connectivity index (χ3v) is 3.49. The van der Waals surface area contributed by atoms with E-state index in [0.29, 0.717) is 6.54 Å². The monoisotopic (exact) mass is 228 g/mol. The van der Waals surface area contributed by atoms with Gasteiger partial charge in [0.05, 0.1) is 16.8 Å². The van der Waals surface area contributed by atoms with E-state index in [-0.39, 0.29) is 11.5 Å². The van der Waals surface area contributed by atoms with Gasteiger partial charge in [-0.05, 0) is 6.92 Å². The van der Waals surface area contributed by atoms with E-state index in [0.717, 1.165) is 17.1 Å². The predicted molar refractivity (Wildman–Crippen MR) is 64.4 cm³/mol. The van der Waals surface area contributed by atoms with E-state index >= 15 is 0 Å². The molecule has 3 nitrogen and oxygen atoms in total. The van der Waals surface area contributed by atoms with Crippen molar-refractivity contribution in [2.45, 2.75) is 38.7 Å². The topological polar surface area (TPSA) is 48.1 Å². The number of aromatic nitrogens is 1. The van der Waals surface area contributed by atoms with Crippen molar-refractivity contribution in [3.63, 3.8) is 0 Å². The lowest BCUT2D eigenvalue weighted by atomic mass is 9.90. The number of hydrogen-bond donors (Lipinski definition) is 1. The van der Waals surface area contributed by atoms with Crippen LogP contribution in [-0.4, -0.2) is 24.7 Å². The molecule has 0 saturated carbocycles. The van der Waals surface area contributed by atoms with Crippen molar-refractivity contribution in [1.82, 2.24) is 4.98 Å². The fourth-order valence-electron chi connectivity index (χ4n) is 1.15. The predicted octanol–water partition coefficient (Wildman–Crippen LogP) is 1.96. The van der Waals surface area contributed by atoms with E-state index in [9.17, 15) is 0 Å². The lowest BCUT2D eigenvalue weighted by molar-refractivity contribution is 0.118. The van der Waals surface area contributed by atoms with Crippen molar-refractivity contribution in [3.8, 4) is 0 Å². The Balaban J connectivity index is 2.72. The van der Waals surface area contributed by atoms with E-state index in [2.05, 4.69) is 31.1 Å². The van der Waals surface area contributed by atoms with Gasteiger partial charge in [0.2, 0.25) is 0 Å². The molecule has 15 heavy (non-hydrogen) atoms. The molecule has 0 aliphatic carbocycles. The summed E-state index contributed by atoms with van der Waals surface area (Å²) in [6.07, 6.45) is 1.10. The van der Waals surface area contributed by atoms with Crippen LogP contribution in [0.25, 0.3) is 0 Å². The molecule has 0 aromatic carbocycles. The maximum Gasteiger partial charge on any atom is 0.0954 e. The van der Waals surface area contributed by atoms with Gasteiger partial charge in [-0.3, -0.25) is 0 Å². The normalized spacial score (nSPS) is 14.2. The van der Waals surface area contributed by atoms with Gasteiger partial charge >= 0.3 is 0 Å². The molecular weight excluding hydrogens is 208 g/mol. The molecular formula is C11H20N2OS. The zero-order valence-corrected chi connectivity index (χ0v) is 10.7. The highest BCUT2D eigenvalue weighted by Crippen LogP contribution is 2.24. The number of ether oxygens (including phenoxy) is 1. The molecule has 1 aromatic heterocycles. The number of nitrogens with zero attached hydrogens (tertiary/aromatic N) is 1. The Morgan fingerprint density at radius 2 is 2.27 bits per heavy atom. The molecule has 86 valence electrons. The minimum Gasteiger partial charge on any atom is -0.381 e. The Hall–Kier alpha value is -0.450. The average molecular weight is 228 g/mol. The number of rotatable bonds is 5. The summed E-state index contributed by atoms with van der Waals surface area (Å²) in [5.41, 5.74) is 6.78. The minimum atomic E-state index is -0.0228. The summed E-state index contributed by atoms with van der Waals surface area (Å²) < 4.78 is 5.22. The summed E-state index contributed by atoms with van der Waals surface area (Å²) in [5, 5.41) is 3.23. The zero-order chi connectivity index (χ0) is 11.5. The van der Waals surface area contributed by atoms with Gasteiger partial charge in [0.1, 0.15) is 0 Å². The van der Waals surface area contributed by atoms with Crippen molar-refractivity contribution >= 4 is 11.3 Å². The molecule has 0 amide bonds. The fraction of sp³-hybridized carbons (Fsp3) is 0.727. The highest BCUT2D eigenvalue weighted by molar-refractivity contribution is 7.09. The molecule has 1 unspecified atom stereocenters. The SMILES string of the molecule is COC(C)Cc1nc(C(C)(C)CN)cs1. The van der Waals surface area contributed by atoms with Gasteiger partial charge < -0.3 is 10.5 Å². The van der Waals surface area contributed by atoms with Gasteiger partial charge in [-0.1, -0.05) is 13.8 Å². The van der Waals surface area contributed by atoms with Crippen LogP contribution in [0, 0.1) is 0 Å². The maximum atomic E-state index is 5.71. The second-order valence-corrected chi connectivity index (χ2v) is 5.41. The van der Waals surface area contributed by atoms with Crippen LogP contribution in [-0.2, 0) is 16.6 Å². The third-order valence-electron chi connectivity index (χ3n) is 2.62. The largest absolute Gasteiger partial charge is 0.381 e. The zero-order valence-electron chi connectivity index (χ0n) is 9.91. The van der Waals surface area contributed by atoms with Crippen LogP contribution in [0.1, 0.15) is 31.5 Å². The molecule has 0 saturated heterocycles. The Kier molecular flexibility index (Phi) is 4.25. The number of nitrogens with two attached hydrogens (primary N) is 1. The minimum absolute atomic E-state index is 0.0228. The van der Waals surface area contributed by atoms with Crippen LogP contribution in [0.5, 0.6) is 0 Å². The van der Waals surface area contributed by atoms with Crippen LogP contribution in [0.15, 0.2) is 5.38 Å². The standard InChI is InChI=1S/C11H20N2OS/c1-8(14-4)5-10-13-9(6-15-10)11(2,3)7-12/h6,8H,5,7,12H2,1-4H3. The van der Waals surface area contributed by atoms with E-state index in [1.807, 2.05) is 0 Å². The molecule has 1 aromatic rings. The summed E-state index contributed by atoms with van der Waals surface area (Å²) in [7, 11) is 1.73. The number of thiazole rings is 1. The Labute approximate surface area is 95.7 Å². The number of hydrogen-bond acceptors (Lipinski definition) is 4. The van der Waals surface area contributed by atoms with Crippen LogP contribution < -0.4 is 5.73 Å². The summed E-state index contributed by atoms with van der Waals surface area (Å²) in [4.78, 5) is 4.60. The highest BCUT2D eigenvalue weighted by atomic mass is 32.1. The van der Waals surface area contributed by atoms with Crippen molar-refractivity contribution in [1.29, 1.82) is 0 Å². The molecule has 1 rings (SSSR count). The Morgan fingerprint density at radius 3 is 2.80 bits per heavy atom. The van der Waals surface area contributed by atoms with E-state index in [1.165, 1.54) is 0 Å². The highest BCUT2D eigenvalue weighted by Gasteiger charge is 2.22. The van der Waals surface area contributed by atoms with E-state index in [1.54, 1.807) is 18.4 Å². The van der Waals surface area contributed by atoms with E-state index in [4.69, 9.17) is 10.5 Å². The van der Waals surface area contributed by atoms with Gasteiger partial charge in [-0.2, -0.15) is 0 Å². The summed E-state index contributed by atoms with van der Waals surface area (Å²) in [5.74, 6) is 0. The average Bonchev–Trinajstić information content (AvgIpc) is 2.66. The molecule has 1 atom stereocenters. The van der Waals surface area contributed by atoms with Crippen molar-refractivity contribution in [3.05, 3.63) is 16.1 Å². The van der Waals surface area contributed by atoms with Gasteiger partial charge in [-0.15, -0.1) is 11.3 Å². The smallest absolute Gasteiger partial charge is 0.0954 e. The van der Waals surface area contributed by atoms with Gasteiger partial charge in [0, 0.05) is 30.9 Å². The van der Waals surface area contributed by atoms with Gasteiger partial charge in [0.25, 0.3) is 0 Å². The lowest BCUT2D eigenvalue weighted by Gasteiger charge is -2.19. The van der Waals surface area contributed by atoms with Gasteiger partial charge in [-0.25, -0.2) is 4.98 Å². The van der Waals surface area contributed by atoms with Gasteiger partial charge in [0.15, 0.2) is 0 Å². The molecule has 0 radical (unpaired) electrons. The van der Waals surface area contributed by atoms with E-state index < -0.39 is 0 Å². The van der Waals surface area contributed by atoms with Crippen LogP contribution in [0.4, 0.5) is 0 Å². The fourth-order valence-corrected chi connectivity index (χ4v) is 2.25. The first-order valence-corrected chi connectivity index (χ1v) is 6.05. The second kappa shape index (κ2) is 5.05. The van der Waals surface area contributed by atoms with Crippen LogP contribution in [0.2, 0.25) is 0 Å². The quantitative estimate of drug-likeness (QED) is 0.838. The molecule has 1 heterocycles.